The van der Waals surface area contributed by atoms with Crippen LogP contribution in [0.3, 0.4) is 0 Å². The number of nitrogens with one attached hydrogen (secondary N) is 1. The highest BCUT2D eigenvalue weighted by molar-refractivity contribution is 5.49. The molecule has 1 aromatic rings. The highest BCUT2D eigenvalue weighted by atomic mass is 19.1. The molecule has 0 bridgehead atoms. The van der Waals surface area contributed by atoms with Gasteiger partial charge in [0.1, 0.15) is 11.6 Å². The van der Waals surface area contributed by atoms with Crippen LogP contribution in [0, 0.1) is 11.6 Å². The minimum atomic E-state index is -0.415. The number of benzene rings is 1. The minimum absolute atomic E-state index is 0.296. The van der Waals surface area contributed by atoms with E-state index >= 15 is 0 Å². The number of halogens is 2. The molecule has 0 aromatic heterocycles. The maximum Gasteiger partial charge on any atom is 0.130 e. The second-order valence-corrected chi connectivity index (χ2v) is 3.97. The van der Waals surface area contributed by atoms with Gasteiger partial charge in [0.25, 0.3) is 0 Å². The first kappa shape index (κ1) is 12.8. The highest BCUT2D eigenvalue weighted by Crippen LogP contribution is 2.11. The molecule has 0 radical (unpaired) electrons. The lowest BCUT2D eigenvalue weighted by atomic mass is 10.2. The van der Waals surface area contributed by atoms with Crippen molar-refractivity contribution < 1.29 is 8.78 Å². The predicted octanol–water partition coefficient (Wildman–Crippen LogP) is 3.37. The minimum Gasteiger partial charge on any atom is -0.314 e. The van der Waals surface area contributed by atoms with Crippen molar-refractivity contribution in [2.45, 2.75) is 26.3 Å². The third-order valence-electron chi connectivity index (χ3n) is 2.12. The Balaban J connectivity index is 2.46. The predicted molar refractivity (Wildman–Crippen MR) is 63.1 cm³/mol. The molecule has 0 saturated carbocycles. The van der Waals surface area contributed by atoms with Gasteiger partial charge in [0.15, 0.2) is 0 Å². The molecule has 0 atom stereocenters. The van der Waals surface area contributed by atoms with E-state index in [0.717, 1.165) is 25.1 Å². The van der Waals surface area contributed by atoms with Crippen molar-refractivity contribution in [1.82, 2.24) is 5.32 Å². The largest absolute Gasteiger partial charge is 0.314 e. The lowest BCUT2D eigenvalue weighted by Crippen LogP contribution is -2.23. The van der Waals surface area contributed by atoms with Gasteiger partial charge in [0.05, 0.1) is 0 Å². The van der Waals surface area contributed by atoms with Crippen LogP contribution in [-0.2, 0) is 0 Å². The lowest BCUT2D eigenvalue weighted by molar-refractivity contribution is 0.594. The van der Waals surface area contributed by atoms with Crippen LogP contribution in [0.25, 0.3) is 6.08 Å². The molecule has 1 nitrogen and oxygen atoms in total. The molecule has 0 aliphatic rings. The summed E-state index contributed by atoms with van der Waals surface area (Å²) in [5, 5.41) is 3.24. The van der Waals surface area contributed by atoms with Crippen LogP contribution < -0.4 is 5.32 Å². The number of hydrogen-bond donors (Lipinski definition) is 1. The van der Waals surface area contributed by atoms with Crippen molar-refractivity contribution in [3.63, 3.8) is 0 Å². The Kier molecular flexibility index (Phi) is 5.12. The third-order valence-corrected chi connectivity index (χ3v) is 2.12. The van der Waals surface area contributed by atoms with Crippen molar-refractivity contribution in [2.75, 3.05) is 6.54 Å². The molecule has 3 heteroatoms. The quantitative estimate of drug-likeness (QED) is 0.758. The molecule has 1 aromatic carbocycles. The van der Waals surface area contributed by atoms with Gasteiger partial charge in [-0.2, -0.15) is 0 Å². The van der Waals surface area contributed by atoms with Crippen molar-refractivity contribution in [3.8, 4) is 0 Å². The van der Waals surface area contributed by atoms with Gasteiger partial charge in [-0.3, -0.25) is 0 Å². The summed E-state index contributed by atoms with van der Waals surface area (Å²) in [6.45, 7) is 4.97. The Morgan fingerprint density at radius 3 is 2.75 bits per heavy atom. The van der Waals surface area contributed by atoms with Gasteiger partial charge in [-0.05, 0) is 31.2 Å². The summed E-state index contributed by atoms with van der Waals surface area (Å²) >= 11 is 0. The first-order valence-electron chi connectivity index (χ1n) is 5.44. The second kappa shape index (κ2) is 6.38. The maximum absolute atomic E-state index is 13.2. The molecular weight excluding hydrogens is 208 g/mol. The van der Waals surface area contributed by atoms with E-state index in [-0.39, 0.29) is 0 Å². The SMILES string of the molecule is CC(C)NCCC=Cc1cc(F)ccc1F. The molecule has 0 heterocycles. The number of hydrogen-bond acceptors (Lipinski definition) is 1. The molecule has 0 amide bonds. The summed E-state index contributed by atoms with van der Waals surface area (Å²) in [6.07, 6.45) is 4.25. The average molecular weight is 225 g/mol. The Morgan fingerprint density at radius 2 is 2.06 bits per heavy atom. The van der Waals surface area contributed by atoms with E-state index in [1.165, 1.54) is 6.07 Å². The molecule has 0 aliphatic heterocycles. The van der Waals surface area contributed by atoms with Gasteiger partial charge in [-0.15, -0.1) is 0 Å². The molecule has 88 valence electrons. The molecular formula is C13H17F2N. The lowest BCUT2D eigenvalue weighted by Gasteiger charge is -2.04. The molecule has 0 spiro atoms. The van der Waals surface area contributed by atoms with Crippen molar-refractivity contribution in [3.05, 3.63) is 41.5 Å². The van der Waals surface area contributed by atoms with Crippen molar-refractivity contribution in [2.24, 2.45) is 0 Å². The van der Waals surface area contributed by atoms with Crippen LogP contribution in [0.5, 0.6) is 0 Å². The van der Waals surface area contributed by atoms with Crippen LogP contribution in [0.2, 0.25) is 0 Å². The first-order chi connectivity index (χ1) is 7.59. The maximum atomic E-state index is 13.2. The third kappa shape index (κ3) is 4.53. The van der Waals surface area contributed by atoms with E-state index in [0.29, 0.717) is 11.6 Å². The number of rotatable bonds is 5. The zero-order chi connectivity index (χ0) is 12.0. The summed E-state index contributed by atoms with van der Waals surface area (Å²) in [5.41, 5.74) is 0.296. The fraction of sp³-hybridized carbons (Fsp3) is 0.385. The molecule has 1 rings (SSSR count). The molecule has 0 aliphatic carbocycles. The molecule has 0 unspecified atom stereocenters. The first-order valence-corrected chi connectivity index (χ1v) is 5.44. The van der Waals surface area contributed by atoms with Crippen LogP contribution in [-0.4, -0.2) is 12.6 Å². The van der Waals surface area contributed by atoms with Crippen molar-refractivity contribution in [1.29, 1.82) is 0 Å². The van der Waals surface area contributed by atoms with Crippen LogP contribution >= 0.6 is 0 Å². The van der Waals surface area contributed by atoms with E-state index in [1.54, 1.807) is 6.08 Å². The Morgan fingerprint density at radius 1 is 1.31 bits per heavy atom. The average Bonchev–Trinajstić information content (AvgIpc) is 2.22. The second-order valence-electron chi connectivity index (χ2n) is 3.97. The van der Waals surface area contributed by atoms with Crippen LogP contribution in [0.4, 0.5) is 8.78 Å². The molecule has 0 fully saturated rings. The van der Waals surface area contributed by atoms with Gasteiger partial charge >= 0.3 is 0 Å². The molecule has 0 saturated heterocycles. The van der Waals surface area contributed by atoms with E-state index < -0.39 is 11.6 Å². The van der Waals surface area contributed by atoms with E-state index in [4.69, 9.17) is 0 Å². The van der Waals surface area contributed by atoms with Gasteiger partial charge in [-0.1, -0.05) is 26.0 Å². The van der Waals surface area contributed by atoms with Gasteiger partial charge in [-0.25, -0.2) is 8.78 Å². The van der Waals surface area contributed by atoms with Crippen molar-refractivity contribution >= 4 is 6.08 Å². The van der Waals surface area contributed by atoms with Crippen LogP contribution in [0.1, 0.15) is 25.8 Å². The molecule has 16 heavy (non-hydrogen) atoms. The summed E-state index contributed by atoms with van der Waals surface area (Å²) in [6, 6.07) is 3.90. The summed E-state index contributed by atoms with van der Waals surface area (Å²) in [4.78, 5) is 0. The summed E-state index contributed by atoms with van der Waals surface area (Å²) in [5.74, 6) is -0.809. The van der Waals surface area contributed by atoms with E-state index in [9.17, 15) is 8.78 Å². The monoisotopic (exact) mass is 225 g/mol. The zero-order valence-electron chi connectivity index (χ0n) is 9.63. The van der Waals surface area contributed by atoms with Gasteiger partial charge in [0.2, 0.25) is 0 Å². The Labute approximate surface area is 95.2 Å². The van der Waals surface area contributed by atoms with E-state index in [2.05, 4.69) is 19.2 Å². The van der Waals surface area contributed by atoms with Crippen LogP contribution in [0.15, 0.2) is 24.3 Å². The Bertz CT molecular complexity index is 359. The normalized spacial score (nSPS) is 11.6. The molecule has 1 N–H and O–H groups in total. The fourth-order valence-corrected chi connectivity index (χ4v) is 1.31. The summed E-state index contributed by atoms with van der Waals surface area (Å²) in [7, 11) is 0. The fourth-order valence-electron chi connectivity index (χ4n) is 1.31. The van der Waals surface area contributed by atoms with Gasteiger partial charge in [0, 0.05) is 11.6 Å². The standard InChI is InChI=1S/C13H17F2N/c1-10(2)16-8-4-3-5-11-9-12(14)6-7-13(11)15/h3,5-7,9-10,16H,4,8H2,1-2H3. The van der Waals surface area contributed by atoms with E-state index in [1.807, 2.05) is 6.08 Å². The van der Waals surface area contributed by atoms with Gasteiger partial charge < -0.3 is 5.32 Å². The topological polar surface area (TPSA) is 12.0 Å². The smallest absolute Gasteiger partial charge is 0.130 e. The highest BCUT2D eigenvalue weighted by Gasteiger charge is 1.99. The Hall–Kier alpha value is -1.22. The zero-order valence-corrected chi connectivity index (χ0v) is 9.63. The summed E-state index contributed by atoms with van der Waals surface area (Å²) < 4.78 is 26.0.